The molecule has 20 heavy (non-hydrogen) atoms. The summed E-state index contributed by atoms with van der Waals surface area (Å²) in [5.41, 5.74) is 0. The highest BCUT2D eigenvalue weighted by Gasteiger charge is 2.22. The molecule has 0 aromatic heterocycles. The number of carbonyl (C=O) groups is 1. The van der Waals surface area contributed by atoms with Gasteiger partial charge in [-0.2, -0.15) is 0 Å². The SMILES string of the molecule is CS(=O)(=O)c1ccc(F)c(S(=O)(=O)NOCC(=O)O)c1. The molecule has 0 bridgehead atoms. The lowest BCUT2D eigenvalue weighted by atomic mass is 10.3. The van der Waals surface area contributed by atoms with E-state index in [9.17, 15) is 26.0 Å². The number of benzene rings is 1. The van der Waals surface area contributed by atoms with Gasteiger partial charge in [0.1, 0.15) is 10.7 Å². The van der Waals surface area contributed by atoms with Gasteiger partial charge in [0.15, 0.2) is 16.4 Å². The van der Waals surface area contributed by atoms with Crippen LogP contribution in [0.4, 0.5) is 4.39 Å². The van der Waals surface area contributed by atoms with Crippen LogP contribution in [0, 0.1) is 5.82 Å². The Morgan fingerprint density at radius 3 is 2.45 bits per heavy atom. The number of sulfonamides is 1. The van der Waals surface area contributed by atoms with Crippen LogP contribution < -0.4 is 4.89 Å². The molecule has 112 valence electrons. The summed E-state index contributed by atoms with van der Waals surface area (Å²) in [5.74, 6) is -2.65. The second-order valence-electron chi connectivity index (χ2n) is 3.63. The van der Waals surface area contributed by atoms with Gasteiger partial charge in [-0.1, -0.05) is 4.89 Å². The molecule has 1 rings (SSSR count). The molecule has 0 radical (unpaired) electrons. The molecular weight excluding hydrogens is 317 g/mol. The summed E-state index contributed by atoms with van der Waals surface area (Å²) >= 11 is 0. The fourth-order valence-electron chi connectivity index (χ4n) is 1.13. The van der Waals surface area contributed by atoms with Crippen molar-refractivity contribution in [2.75, 3.05) is 12.9 Å². The van der Waals surface area contributed by atoms with E-state index in [1.807, 2.05) is 0 Å². The van der Waals surface area contributed by atoms with Gasteiger partial charge in [0.2, 0.25) is 0 Å². The maximum absolute atomic E-state index is 13.5. The molecule has 0 aliphatic heterocycles. The topological polar surface area (TPSA) is 127 Å². The molecule has 1 aromatic carbocycles. The average molecular weight is 327 g/mol. The van der Waals surface area contributed by atoms with E-state index >= 15 is 0 Å². The van der Waals surface area contributed by atoms with Crippen molar-refractivity contribution in [1.29, 1.82) is 0 Å². The molecule has 1 aromatic rings. The first-order valence-corrected chi connectivity index (χ1v) is 8.26. The summed E-state index contributed by atoms with van der Waals surface area (Å²) in [6.45, 7) is -0.980. The Balaban J connectivity index is 3.15. The number of nitrogens with one attached hydrogen (secondary N) is 1. The van der Waals surface area contributed by atoms with Crippen molar-refractivity contribution >= 4 is 25.8 Å². The van der Waals surface area contributed by atoms with Crippen LogP contribution in [0.5, 0.6) is 0 Å². The van der Waals surface area contributed by atoms with Crippen molar-refractivity contribution in [2.45, 2.75) is 9.79 Å². The zero-order valence-electron chi connectivity index (χ0n) is 10.0. The Bertz CT molecular complexity index is 727. The van der Waals surface area contributed by atoms with E-state index in [-0.39, 0.29) is 0 Å². The molecule has 0 atom stereocenters. The zero-order chi connectivity index (χ0) is 15.6. The van der Waals surface area contributed by atoms with E-state index in [2.05, 4.69) is 4.84 Å². The zero-order valence-corrected chi connectivity index (χ0v) is 11.7. The molecule has 11 heteroatoms. The summed E-state index contributed by atoms with van der Waals surface area (Å²) in [7, 11) is -8.27. The smallest absolute Gasteiger partial charge is 0.331 e. The molecule has 2 N–H and O–H groups in total. The van der Waals surface area contributed by atoms with Crippen LogP contribution in [0.2, 0.25) is 0 Å². The van der Waals surface area contributed by atoms with Gasteiger partial charge in [-0.3, -0.25) is 4.84 Å². The van der Waals surface area contributed by atoms with Crippen molar-refractivity contribution in [1.82, 2.24) is 4.89 Å². The fourth-order valence-corrected chi connectivity index (χ4v) is 2.77. The predicted molar refractivity (Wildman–Crippen MR) is 63.4 cm³/mol. The molecule has 0 amide bonds. The molecule has 0 fully saturated rings. The molecule has 8 nitrogen and oxygen atoms in total. The van der Waals surface area contributed by atoms with Crippen molar-refractivity contribution in [3.8, 4) is 0 Å². The summed E-state index contributed by atoms with van der Waals surface area (Å²) in [6, 6.07) is 2.18. The van der Waals surface area contributed by atoms with Crippen LogP contribution in [-0.2, 0) is 29.5 Å². The van der Waals surface area contributed by atoms with Crippen LogP contribution in [-0.4, -0.2) is 40.8 Å². The predicted octanol–water partition coefficient (Wildman–Crippen LogP) is -0.476. The standard InChI is InChI=1S/C9H10FNO7S2/c1-19(14,15)6-2-3-7(10)8(4-6)20(16,17)11-18-5-9(12)13/h2-4,11H,5H2,1H3,(H,12,13). The number of sulfone groups is 1. The quantitative estimate of drug-likeness (QED) is 0.534. The van der Waals surface area contributed by atoms with Gasteiger partial charge < -0.3 is 5.11 Å². The maximum atomic E-state index is 13.5. The molecule has 0 unspecified atom stereocenters. The van der Waals surface area contributed by atoms with E-state index in [4.69, 9.17) is 5.11 Å². The van der Waals surface area contributed by atoms with Crippen molar-refractivity contribution in [2.24, 2.45) is 0 Å². The third-order valence-electron chi connectivity index (χ3n) is 1.98. The van der Waals surface area contributed by atoms with Crippen molar-refractivity contribution in [3.63, 3.8) is 0 Å². The first-order chi connectivity index (χ1) is 9.04. The maximum Gasteiger partial charge on any atom is 0.331 e. The second kappa shape index (κ2) is 5.83. The highest BCUT2D eigenvalue weighted by Crippen LogP contribution is 2.19. The Morgan fingerprint density at radius 2 is 1.95 bits per heavy atom. The highest BCUT2D eigenvalue weighted by atomic mass is 32.2. The molecule has 0 aliphatic carbocycles. The van der Waals surface area contributed by atoms with Gasteiger partial charge in [-0.25, -0.2) is 26.0 Å². The van der Waals surface area contributed by atoms with E-state index in [0.29, 0.717) is 12.1 Å². The van der Waals surface area contributed by atoms with Gasteiger partial charge in [-0.05, 0) is 18.2 Å². The monoisotopic (exact) mass is 327 g/mol. The molecule has 0 spiro atoms. The number of aliphatic carboxylic acids is 1. The molecule has 0 aliphatic rings. The Hall–Kier alpha value is -1.56. The van der Waals surface area contributed by atoms with Gasteiger partial charge in [0.25, 0.3) is 10.0 Å². The normalized spacial score (nSPS) is 12.3. The Morgan fingerprint density at radius 1 is 1.35 bits per heavy atom. The second-order valence-corrected chi connectivity index (χ2v) is 7.26. The third kappa shape index (κ3) is 4.23. The van der Waals surface area contributed by atoms with E-state index in [1.54, 1.807) is 0 Å². The van der Waals surface area contributed by atoms with Gasteiger partial charge in [0.05, 0.1) is 4.90 Å². The van der Waals surface area contributed by atoms with Crippen LogP contribution in [0.3, 0.4) is 0 Å². The van der Waals surface area contributed by atoms with Gasteiger partial charge in [0, 0.05) is 6.26 Å². The van der Waals surface area contributed by atoms with Crippen LogP contribution in [0.1, 0.15) is 0 Å². The minimum absolute atomic E-state index is 0.405. The number of carboxylic acids is 1. The lowest BCUT2D eigenvalue weighted by Crippen LogP contribution is -2.27. The molecule has 0 saturated heterocycles. The van der Waals surface area contributed by atoms with Gasteiger partial charge in [-0.15, -0.1) is 0 Å². The minimum atomic E-state index is -4.54. The fraction of sp³-hybridized carbons (Fsp3) is 0.222. The lowest BCUT2D eigenvalue weighted by molar-refractivity contribution is -0.143. The summed E-state index contributed by atoms with van der Waals surface area (Å²) in [5, 5.41) is 8.27. The lowest BCUT2D eigenvalue weighted by Gasteiger charge is -2.08. The van der Waals surface area contributed by atoms with E-state index in [1.165, 1.54) is 4.89 Å². The van der Waals surface area contributed by atoms with Crippen LogP contribution in [0.15, 0.2) is 28.0 Å². The van der Waals surface area contributed by atoms with E-state index < -0.39 is 48.0 Å². The highest BCUT2D eigenvalue weighted by molar-refractivity contribution is 7.91. The van der Waals surface area contributed by atoms with Crippen molar-refractivity contribution in [3.05, 3.63) is 24.0 Å². The number of hydrogen-bond acceptors (Lipinski definition) is 6. The Kier molecular flexibility index (Phi) is 4.81. The summed E-state index contributed by atoms with van der Waals surface area (Å²) in [6.07, 6.45) is 0.824. The average Bonchev–Trinajstić information content (AvgIpc) is 2.26. The third-order valence-corrected chi connectivity index (χ3v) is 4.32. The number of hydrogen-bond donors (Lipinski definition) is 2. The van der Waals surface area contributed by atoms with Crippen LogP contribution in [0.25, 0.3) is 0 Å². The largest absolute Gasteiger partial charge is 0.479 e. The number of rotatable bonds is 6. The van der Waals surface area contributed by atoms with Crippen LogP contribution >= 0.6 is 0 Å². The minimum Gasteiger partial charge on any atom is -0.479 e. The summed E-state index contributed by atoms with van der Waals surface area (Å²) < 4.78 is 59.3. The van der Waals surface area contributed by atoms with Crippen molar-refractivity contribution < 1.29 is 36.0 Å². The molecule has 0 heterocycles. The molecular formula is C9H10FNO7S2. The van der Waals surface area contributed by atoms with Gasteiger partial charge >= 0.3 is 5.97 Å². The number of carboxylic acid groups (broad SMARTS) is 1. The van der Waals surface area contributed by atoms with E-state index in [0.717, 1.165) is 12.3 Å². The Labute approximate surface area is 114 Å². The molecule has 0 saturated carbocycles. The number of halogens is 1. The first kappa shape index (κ1) is 16.5. The summed E-state index contributed by atoms with van der Waals surface area (Å²) in [4.78, 5) is 14.3. The first-order valence-electron chi connectivity index (χ1n) is 4.89.